The van der Waals surface area contributed by atoms with Crippen LogP contribution < -0.4 is 21.1 Å². The van der Waals surface area contributed by atoms with Gasteiger partial charge < -0.3 is 15.5 Å². The zero-order valence-corrected chi connectivity index (χ0v) is 22.5. The van der Waals surface area contributed by atoms with Crippen molar-refractivity contribution in [2.75, 3.05) is 18.0 Å². The van der Waals surface area contributed by atoms with E-state index in [0.717, 1.165) is 44.1 Å². The molecule has 0 bridgehead atoms. The van der Waals surface area contributed by atoms with E-state index >= 15 is 0 Å². The van der Waals surface area contributed by atoms with Crippen LogP contribution in [-0.4, -0.2) is 50.9 Å². The van der Waals surface area contributed by atoms with Gasteiger partial charge in [-0.1, -0.05) is 43.5 Å². The number of hydrogen-bond donors (Lipinski definition) is 2. The fourth-order valence-electron chi connectivity index (χ4n) is 5.47. The third-order valence-electron chi connectivity index (χ3n) is 7.52. The normalized spacial score (nSPS) is 19.9. The number of rotatable bonds is 8. The highest BCUT2D eigenvalue weighted by molar-refractivity contribution is 6.30. The molecule has 4 heterocycles. The Bertz CT molecular complexity index is 1370. The van der Waals surface area contributed by atoms with Gasteiger partial charge in [-0.25, -0.2) is 4.98 Å². The SMILES string of the molecule is CCCCCn1c(N2CCC[C@H]2C(=O)NC2CCCCNC2=O)cc(=O)n2cc(-c3ccc(Cl)cc3)nc12. The van der Waals surface area contributed by atoms with Crippen LogP contribution in [0, 0.1) is 0 Å². The van der Waals surface area contributed by atoms with Gasteiger partial charge in [-0.05, 0) is 50.7 Å². The van der Waals surface area contributed by atoms with Crippen LogP contribution in [0.1, 0.15) is 58.3 Å². The van der Waals surface area contributed by atoms with E-state index in [2.05, 4.69) is 22.1 Å². The molecule has 9 nitrogen and oxygen atoms in total. The lowest BCUT2D eigenvalue weighted by molar-refractivity contribution is -0.129. The Balaban J connectivity index is 1.50. The molecule has 5 rings (SSSR count). The summed E-state index contributed by atoms with van der Waals surface area (Å²) in [5, 5.41) is 6.52. The Morgan fingerprint density at radius 2 is 1.95 bits per heavy atom. The van der Waals surface area contributed by atoms with Crippen LogP contribution in [0.4, 0.5) is 5.82 Å². The number of imidazole rings is 1. The van der Waals surface area contributed by atoms with E-state index in [1.807, 2.05) is 29.2 Å². The Hall–Kier alpha value is -3.33. The lowest BCUT2D eigenvalue weighted by Crippen LogP contribution is -2.52. The number of unbranched alkanes of at least 4 members (excludes halogenated alkanes) is 2. The standard InChI is InChI=1S/C28H35ClN6O3/c1-2-3-6-15-34-24(17-25(36)35-18-22(32-28(34)35)19-10-12-20(29)13-11-19)33-16-7-9-23(33)27(38)31-21-8-4-5-14-30-26(21)37/h10-13,17-18,21,23H,2-9,14-16H2,1H3,(H,30,37)(H,31,38)/t21?,23-/m0/s1. The van der Waals surface area contributed by atoms with Gasteiger partial charge in [0.15, 0.2) is 0 Å². The van der Waals surface area contributed by atoms with Crippen molar-refractivity contribution in [2.45, 2.75) is 76.9 Å². The summed E-state index contributed by atoms with van der Waals surface area (Å²) >= 11 is 6.07. The molecule has 0 spiro atoms. The summed E-state index contributed by atoms with van der Waals surface area (Å²) < 4.78 is 3.65. The fourth-order valence-corrected chi connectivity index (χ4v) is 5.60. The molecule has 2 N–H and O–H groups in total. The number of halogens is 1. The molecule has 3 aromatic rings. The number of carbonyl (C=O) groups excluding carboxylic acids is 2. The van der Waals surface area contributed by atoms with Gasteiger partial charge in [0.05, 0.1) is 5.69 Å². The maximum Gasteiger partial charge on any atom is 0.261 e. The molecule has 2 atom stereocenters. The van der Waals surface area contributed by atoms with E-state index in [1.165, 1.54) is 0 Å². The summed E-state index contributed by atoms with van der Waals surface area (Å²) in [7, 11) is 0. The van der Waals surface area contributed by atoms with Crippen molar-refractivity contribution in [2.24, 2.45) is 0 Å². The lowest BCUT2D eigenvalue weighted by Gasteiger charge is -2.30. The molecule has 2 amide bonds. The van der Waals surface area contributed by atoms with E-state index < -0.39 is 12.1 Å². The maximum atomic E-state index is 13.4. The number of aryl methyl sites for hydroxylation is 1. The third-order valence-corrected chi connectivity index (χ3v) is 7.77. The number of fused-ring (bicyclic) bond motifs is 1. The van der Waals surface area contributed by atoms with Crippen LogP contribution in [0.15, 0.2) is 41.3 Å². The Kier molecular flexibility index (Phi) is 8.02. The summed E-state index contributed by atoms with van der Waals surface area (Å²) in [6, 6.07) is 8.05. The molecule has 38 heavy (non-hydrogen) atoms. The number of aromatic nitrogens is 3. The molecule has 10 heteroatoms. The van der Waals surface area contributed by atoms with Crippen molar-refractivity contribution in [1.29, 1.82) is 0 Å². The van der Waals surface area contributed by atoms with Crippen molar-refractivity contribution < 1.29 is 9.59 Å². The van der Waals surface area contributed by atoms with Crippen LogP contribution >= 0.6 is 11.6 Å². The highest BCUT2D eigenvalue weighted by Crippen LogP contribution is 2.28. The monoisotopic (exact) mass is 538 g/mol. The van der Waals surface area contributed by atoms with Gasteiger partial charge in [0.2, 0.25) is 17.6 Å². The van der Waals surface area contributed by atoms with E-state index in [4.69, 9.17) is 16.6 Å². The molecular weight excluding hydrogens is 504 g/mol. The zero-order chi connectivity index (χ0) is 26.6. The van der Waals surface area contributed by atoms with Gasteiger partial charge in [-0.15, -0.1) is 0 Å². The van der Waals surface area contributed by atoms with Crippen LogP contribution in [0.5, 0.6) is 0 Å². The molecule has 0 aliphatic carbocycles. The van der Waals surface area contributed by atoms with Crippen molar-refractivity contribution >= 4 is 35.0 Å². The first-order chi connectivity index (χ1) is 18.5. The topological polar surface area (TPSA) is 101 Å². The maximum absolute atomic E-state index is 13.4. The largest absolute Gasteiger partial charge is 0.354 e. The third kappa shape index (κ3) is 5.43. The Labute approximate surface area is 227 Å². The van der Waals surface area contributed by atoms with Gasteiger partial charge in [-0.2, -0.15) is 0 Å². The number of anilines is 1. The Morgan fingerprint density at radius 1 is 1.13 bits per heavy atom. The predicted octanol–water partition coefficient (Wildman–Crippen LogP) is 3.76. The molecular formula is C28H35ClN6O3. The summed E-state index contributed by atoms with van der Waals surface area (Å²) in [6.45, 7) is 4.14. The molecule has 2 aromatic heterocycles. The van der Waals surface area contributed by atoms with E-state index in [9.17, 15) is 14.4 Å². The first-order valence-electron chi connectivity index (χ1n) is 13.7. The highest BCUT2D eigenvalue weighted by atomic mass is 35.5. The smallest absolute Gasteiger partial charge is 0.261 e. The molecule has 1 unspecified atom stereocenters. The predicted molar refractivity (Wildman–Crippen MR) is 149 cm³/mol. The number of nitrogens with one attached hydrogen (secondary N) is 2. The molecule has 1 aromatic carbocycles. The summed E-state index contributed by atoms with van der Waals surface area (Å²) in [4.78, 5) is 46.1. The minimum absolute atomic E-state index is 0.120. The first-order valence-corrected chi connectivity index (χ1v) is 14.1. The van der Waals surface area contributed by atoms with Gasteiger partial charge in [0.1, 0.15) is 17.9 Å². The van der Waals surface area contributed by atoms with Gasteiger partial charge in [0, 0.05) is 42.5 Å². The number of hydrogen-bond acceptors (Lipinski definition) is 5. The first kappa shape index (κ1) is 26.3. The summed E-state index contributed by atoms with van der Waals surface area (Å²) in [5.74, 6) is 0.977. The molecule has 0 saturated carbocycles. The molecule has 2 fully saturated rings. The quantitative estimate of drug-likeness (QED) is 0.425. The van der Waals surface area contributed by atoms with Crippen molar-refractivity contribution in [3.8, 4) is 11.3 Å². The zero-order valence-electron chi connectivity index (χ0n) is 21.8. The number of benzene rings is 1. The van der Waals surface area contributed by atoms with E-state index in [0.29, 0.717) is 54.8 Å². The summed E-state index contributed by atoms with van der Waals surface area (Å²) in [6.07, 6.45) is 8.74. The number of carbonyl (C=O) groups is 2. The van der Waals surface area contributed by atoms with Gasteiger partial charge in [-0.3, -0.25) is 23.4 Å². The average Bonchev–Trinajstić information content (AvgIpc) is 3.53. The van der Waals surface area contributed by atoms with Crippen LogP contribution in [-0.2, 0) is 16.1 Å². The van der Waals surface area contributed by atoms with Crippen molar-refractivity contribution in [3.05, 3.63) is 51.9 Å². The van der Waals surface area contributed by atoms with Crippen molar-refractivity contribution in [3.63, 3.8) is 0 Å². The van der Waals surface area contributed by atoms with Gasteiger partial charge in [0.25, 0.3) is 5.56 Å². The second-order valence-corrected chi connectivity index (χ2v) is 10.6. The minimum Gasteiger partial charge on any atom is -0.354 e. The minimum atomic E-state index is -0.518. The van der Waals surface area contributed by atoms with Gasteiger partial charge >= 0.3 is 0 Å². The summed E-state index contributed by atoms with van der Waals surface area (Å²) in [5.41, 5.74) is 1.37. The Morgan fingerprint density at radius 3 is 2.74 bits per heavy atom. The van der Waals surface area contributed by atoms with Crippen molar-refractivity contribution in [1.82, 2.24) is 24.6 Å². The molecule has 2 saturated heterocycles. The number of amides is 2. The van der Waals surface area contributed by atoms with Crippen LogP contribution in [0.3, 0.4) is 0 Å². The fraction of sp³-hybridized carbons (Fsp3) is 0.500. The molecule has 2 aliphatic rings. The second-order valence-electron chi connectivity index (χ2n) is 10.2. The molecule has 2 aliphatic heterocycles. The number of nitrogens with zero attached hydrogens (tertiary/aromatic N) is 4. The average molecular weight is 539 g/mol. The highest BCUT2D eigenvalue weighted by Gasteiger charge is 2.35. The van der Waals surface area contributed by atoms with E-state index in [1.54, 1.807) is 16.7 Å². The molecule has 0 radical (unpaired) electrons. The van der Waals surface area contributed by atoms with Crippen LogP contribution in [0.2, 0.25) is 5.02 Å². The van der Waals surface area contributed by atoms with Crippen LogP contribution in [0.25, 0.3) is 17.0 Å². The lowest BCUT2D eigenvalue weighted by atomic mass is 10.1. The van der Waals surface area contributed by atoms with E-state index in [-0.39, 0.29) is 17.4 Å². The molecule has 202 valence electrons. The second kappa shape index (κ2) is 11.6.